The molecule has 2 heteroatoms. The predicted molar refractivity (Wildman–Crippen MR) is 101 cm³/mol. The van der Waals surface area contributed by atoms with E-state index in [0.29, 0.717) is 5.92 Å². The molecule has 0 radical (unpaired) electrons. The summed E-state index contributed by atoms with van der Waals surface area (Å²) in [4.78, 5) is 0. The Morgan fingerprint density at radius 1 is 0.913 bits per heavy atom. The van der Waals surface area contributed by atoms with Crippen LogP contribution >= 0.6 is 0 Å². The lowest BCUT2D eigenvalue weighted by Crippen LogP contribution is -2.32. The Balaban J connectivity index is 2.28. The Morgan fingerprint density at radius 2 is 1.52 bits per heavy atom. The summed E-state index contributed by atoms with van der Waals surface area (Å²) < 4.78 is 0. The fourth-order valence-electron chi connectivity index (χ4n) is 2.96. The molecule has 23 heavy (non-hydrogen) atoms. The number of aliphatic hydroxyl groups is 1. The highest BCUT2D eigenvalue weighted by Gasteiger charge is 2.15. The van der Waals surface area contributed by atoms with Gasteiger partial charge in [-0.05, 0) is 43.4 Å². The van der Waals surface area contributed by atoms with Gasteiger partial charge in [0.15, 0.2) is 0 Å². The molecule has 2 unspecified atom stereocenters. The molecule has 0 aliphatic rings. The third-order valence-electron chi connectivity index (χ3n) is 4.44. The average molecular weight is 320 g/mol. The first kappa shape index (κ1) is 20.2. The van der Waals surface area contributed by atoms with Crippen LogP contribution in [0.5, 0.6) is 0 Å². The molecule has 0 fully saturated rings. The Morgan fingerprint density at radius 3 is 2.13 bits per heavy atom. The maximum absolute atomic E-state index is 10.5. The van der Waals surface area contributed by atoms with Gasteiger partial charge in [0.05, 0.1) is 6.10 Å². The number of hydrogen-bond acceptors (Lipinski definition) is 2. The van der Waals surface area contributed by atoms with Crippen molar-refractivity contribution in [2.45, 2.75) is 84.8 Å². The van der Waals surface area contributed by atoms with Gasteiger partial charge in [-0.25, -0.2) is 0 Å². The first-order chi connectivity index (χ1) is 11.0. The maximum Gasteiger partial charge on any atom is 0.0940 e. The van der Waals surface area contributed by atoms with Gasteiger partial charge in [-0.1, -0.05) is 77.1 Å². The number of unbranched alkanes of at least 4 members (excludes halogenated alkanes) is 5. The second-order valence-electron chi connectivity index (χ2n) is 7.29. The fraction of sp³-hybridized carbons (Fsp3) is 0.714. The minimum Gasteiger partial charge on any atom is -0.387 e. The number of nitrogens with one attached hydrogen (secondary N) is 1. The van der Waals surface area contributed by atoms with Gasteiger partial charge in [-0.2, -0.15) is 0 Å². The number of benzene rings is 1. The summed E-state index contributed by atoms with van der Waals surface area (Å²) in [6.45, 7) is 9.79. The normalized spacial score (nSPS) is 14.2. The van der Waals surface area contributed by atoms with E-state index in [1.165, 1.54) is 44.1 Å². The first-order valence-corrected chi connectivity index (χ1v) is 9.54. The Hall–Kier alpha value is -0.860. The van der Waals surface area contributed by atoms with Gasteiger partial charge >= 0.3 is 0 Å². The standard InChI is InChI=1S/C21H37NO/c1-5-6-7-8-9-10-15-22-18(4)21(23)20-13-11-19(12-14-20)16-17(2)3/h11-14,17-18,21-23H,5-10,15-16H2,1-4H3. The van der Waals surface area contributed by atoms with Gasteiger partial charge in [-0.3, -0.25) is 0 Å². The second kappa shape index (κ2) is 11.6. The molecule has 0 saturated carbocycles. The highest BCUT2D eigenvalue weighted by molar-refractivity contribution is 5.25. The van der Waals surface area contributed by atoms with Gasteiger partial charge in [0.2, 0.25) is 0 Å². The summed E-state index contributed by atoms with van der Waals surface area (Å²) in [6.07, 6.45) is 8.52. The van der Waals surface area contributed by atoms with Crippen molar-refractivity contribution in [3.8, 4) is 0 Å². The highest BCUT2D eigenvalue weighted by Crippen LogP contribution is 2.19. The predicted octanol–water partition coefficient (Wildman–Crippen LogP) is 5.26. The van der Waals surface area contributed by atoms with Crippen LogP contribution in [0.1, 0.15) is 83.5 Å². The quantitative estimate of drug-likeness (QED) is 0.515. The van der Waals surface area contributed by atoms with Crippen molar-refractivity contribution < 1.29 is 5.11 Å². The van der Waals surface area contributed by atoms with E-state index >= 15 is 0 Å². The van der Waals surface area contributed by atoms with E-state index in [2.05, 4.69) is 57.3 Å². The van der Waals surface area contributed by atoms with E-state index in [9.17, 15) is 5.11 Å². The SMILES string of the molecule is CCCCCCCCNC(C)C(O)c1ccc(CC(C)C)cc1. The van der Waals surface area contributed by atoms with Crippen LogP contribution in [0.25, 0.3) is 0 Å². The third kappa shape index (κ3) is 8.53. The average Bonchev–Trinajstić information content (AvgIpc) is 2.53. The minimum atomic E-state index is -0.428. The zero-order valence-electron chi connectivity index (χ0n) is 15.6. The van der Waals surface area contributed by atoms with Crippen molar-refractivity contribution in [2.75, 3.05) is 6.54 Å². The van der Waals surface area contributed by atoms with Crippen molar-refractivity contribution >= 4 is 0 Å². The van der Waals surface area contributed by atoms with Crippen LogP contribution in [0.2, 0.25) is 0 Å². The maximum atomic E-state index is 10.5. The van der Waals surface area contributed by atoms with Gasteiger partial charge < -0.3 is 10.4 Å². The summed E-state index contributed by atoms with van der Waals surface area (Å²) in [7, 11) is 0. The summed E-state index contributed by atoms with van der Waals surface area (Å²) in [5, 5.41) is 13.9. The van der Waals surface area contributed by atoms with E-state index < -0.39 is 6.10 Å². The van der Waals surface area contributed by atoms with E-state index in [1.54, 1.807) is 0 Å². The molecule has 2 atom stereocenters. The molecular formula is C21H37NO. The Labute approximate surface area is 143 Å². The molecular weight excluding hydrogens is 282 g/mol. The lowest BCUT2D eigenvalue weighted by Gasteiger charge is -2.21. The van der Waals surface area contributed by atoms with Crippen LogP contribution < -0.4 is 5.32 Å². The zero-order chi connectivity index (χ0) is 17.1. The molecule has 0 bridgehead atoms. The van der Waals surface area contributed by atoms with Gasteiger partial charge in [0.25, 0.3) is 0 Å². The van der Waals surface area contributed by atoms with E-state index in [1.807, 2.05) is 0 Å². The highest BCUT2D eigenvalue weighted by atomic mass is 16.3. The lowest BCUT2D eigenvalue weighted by molar-refractivity contribution is 0.136. The van der Waals surface area contributed by atoms with E-state index in [-0.39, 0.29) is 6.04 Å². The number of rotatable bonds is 12. The lowest BCUT2D eigenvalue weighted by atomic mass is 9.98. The Bertz CT molecular complexity index is 399. The molecule has 2 N–H and O–H groups in total. The molecule has 0 aliphatic carbocycles. The van der Waals surface area contributed by atoms with Crippen LogP contribution in [-0.4, -0.2) is 17.7 Å². The largest absolute Gasteiger partial charge is 0.387 e. The van der Waals surface area contributed by atoms with Crippen molar-refractivity contribution in [1.29, 1.82) is 0 Å². The fourth-order valence-corrected chi connectivity index (χ4v) is 2.96. The minimum absolute atomic E-state index is 0.0987. The summed E-state index contributed by atoms with van der Waals surface area (Å²) >= 11 is 0. The first-order valence-electron chi connectivity index (χ1n) is 9.54. The molecule has 0 saturated heterocycles. The van der Waals surface area contributed by atoms with E-state index in [4.69, 9.17) is 0 Å². The topological polar surface area (TPSA) is 32.3 Å². The molecule has 1 rings (SSSR count). The molecule has 0 aliphatic heterocycles. The molecule has 0 aromatic heterocycles. The van der Waals surface area contributed by atoms with Crippen molar-refractivity contribution in [2.24, 2.45) is 5.92 Å². The van der Waals surface area contributed by atoms with Gasteiger partial charge in [0.1, 0.15) is 0 Å². The molecule has 2 nitrogen and oxygen atoms in total. The molecule has 132 valence electrons. The van der Waals surface area contributed by atoms with Crippen molar-refractivity contribution in [1.82, 2.24) is 5.32 Å². The van der Waals surface area contributed by atoms with Crippen LogP contribution in [-0.2, 0) is 6.42 Å². The van der Waals surface area contributed by atoms with E-state index in [0.717, 1.165) is 18.5 Å². The molecule has 1 aromatic carbocycles. The third-order valence-corrected chi connectivity index (χ3v) is 4.44. The summed E-state index contributed by atoms with van der Waals surface area (Å²) in [6, 6.07) is 8.55. The summed E-state index contributed by atoms with van der Waals surface area (Å²) in [5.41, 5.74) is 2.36. The summed E-state index contributed by atoms with van der Waals surface area (Å²) in [5.74, 6) is 0.670. The van der Waals surface area contributed by atoms with Crippen LogP contribution in [0.4, 0.5) is 0 Å². The smallest absolute Gasteiger partial charge is 0.0940 e. The Kier molecular flexibility index (Phi) is 10.2. The zero-order valence-corrected chi connectivity index (χ0v) is 15.6. The van der Waals surface area contributed by atoms with Gasteiger partial charge in [-0.15, -0.1) is 0 Å². The van der Waals surface area contributed by atoms with Crippen molar-refractivity contribution in [3.05, 3.63) is 35.4 Å². The molecule has 1 aromatic rings. The second-order valence-corrected chi connectivity index (χ2v) is 7.29. The van der Waals surface area contributed by atoms with Gasteiger partial charge in [0, 0.05) is 6.04 Å². The molecule has 0 heterocycles. The van der Waals surface area contributed by atoms with Crippen molar-refractivity contribution in [3.63, 3.8) is 0 Å². The monoisotopic (exact) mass is 319 g/mol. The van der Waals surface area contributed by atoms with Crippen LogP contribution in [0.15, 0.2) is 24.3 Å². The van der Waals surface area contributed by atoms with Crippen LogP contribution in [0.3, 0.4) is 0 Å². The number of hydrogen-bond donors (Lipinski definition) is 2. The molecule has 0 spiro atoms. The van der Waals surface area contributed by atoms with Crippen LogP contribution in [0, 0.1) is 5.92 Å². The molecule has 0 amide bonds. The number of aliphatic hydroxyl groups excluding tert-OH is 1.